The van der Waals surface area contributed by atoms with Crippen LogP contribution in [0, 0.1) is 34.5 Å². The first-order chi connectivity index (χ1) is 37.5. The van der Waals surface area contributed by atoms with Crippen LogP contribution in [0.4, 0.5) is 0 Å². The highest BCUT2D eigenvalue weighted by Crippen LogP contribution is 2.60. The maximum atomic E-state index is 12.6. The lowest BCUT2D eigenvalue weighted by Crippen LogP contribution is -2.50. The number of benzene rings is 2. The molecule has 5 saturated carbocycles. The van der Waals surface area contributed by atoms with Crippen molar-refractivity contribution in [3.05, 3.63) is 71.8 Å². The fourth-order valence-electron chi connectivity index (χ4n) is 9.50. The van der Waals surface area contributed by atoms with E-state index in [1.54, 1.807) is 42.5 Å². The molecule has 0 heterocycles. The van der Waals surface area contributed by atoms with E-state index in [1.165, 1.54) is 25.7 Å². The lowest BCUT2D eigenvalue weighted by Gasteiger charge is -2.55. The Morgan fingerprint density at radius 2 is 0.741 bits per heavy atom. The van der Waals surface area contributed by atoms with E-state index in [-0.39, 0.29) is 49.1 Å². The molecule has 0 N–H and O–H groups in total. The molecule has 7 rings (SSSR count). The maximum Gasteiger partial charge on any atom is 0.344 e. The van der Waals surface area contributed by atoms with Gasteiger partial charge in [0.25, 0.3) is 0 Å². The van der Waals surface area contributed by atoms with Crippen LogP contribution >= 0.6 is 0 Å². The number of carbonyl (C=O) groups excluding carboxylic acids is 7. The molecule has 18 nitrogen and oxygen atoms in total. The van der Waals surface area contributed by atoms with Gasteiger partial charge < -0.3 is 51.1 Å². The smallest absolute Gasteiger partial charge is 0.344 e. The number of hydrogen-bond donors (Lipinski definition) is 0. The number of esters is 7. The molecule has 5 fully saturated rings. The van der Waals surface area contributed by atoms with Crippen molar-refractivity contribution >= 4 is 41.8 Å². The van der Waals surface area contributed by atoms with Crippen molar-refractivity contribution in [2.24, 2.45) is 34.5 Å². The van der Waals surface area contributed by atoms with Crippen molar-refractivity contribution in [2.45, 2.75) is 98.3 Å². The SMILES string of the molecule is CC(C)(C)C.C[N+](C)(C)CCOC(=O)COC(=O)C12CC3CC(CC(C3)C1)C2.C[N+](C)(C)CCOC(=O)COC(=O)C1CCCCC1.C[N+](C)(C)CCOC(=O)COC(=O)c1ccccc1.C[N+](C)(C)CCOC(=O)c1ccccc1. The molecule has 2 aromatic rings. The Kier molecular flexibility index (Phi) is 30.3. The van der Waals surface area contributed by atoms with Crippen LogP contribution in [-0.4, -0.2) is 217 Å². The molecule has 4 bridgehead atoms. The fraction of sp³-hybridized carbons (Fsp3) is 0.698. The van der Waals surface area contributed by atoms with Gasteiger partial charge in [-0.3, -0.25) is 9.59 Å². The molecule has 0 unspecified atom stereocenters. The summed E-state index contributed by atoms with van der Waals surface area (Å²) in [5, 5.41) is 0. The number of quaternary nitrogens is 4. The zero-order chi connectivity index (χ0) is 61.1. The molecule has 0 radical (unpaired) electrons. The third-order valence-corrected chi connectivity index (χ3v) is 13.5. The topological polar surface area (TPSA) is 184 Å². The highest BCUT2D eigenvalue weighted by Gasteiger charge is 2.55. The van der Waals surface area contributed by atoms with Crippen molar-refractivity contribution in [3.63, 3.8) is 0 Å². The largest absolute Gasteiger partial charge is 0.457 e. The normalized spacial score (nSPS) is 19.3. The van der Waals surface area contributed by atoms with Gasteiger partial charge in [-0.1, -0.05) is 83.4 Å². The van der Waals surface area contributed by atoms with E-state index in [1.807, 2.05) is 81.6 Å². The van der Waals surface area contributed by atoms with Crippen molar-refractivity contribution < 1.29 is 84.7 Å². The van der Waals surface area contributed by atoms with Gasteiger partial charge in [-0.05, 0) is 98.8 Å². The molecule has 5 aliphatic carbocycles. The highest BCUT2D eigenvalue weighted by atomic mass is 16.6. The number of ether oxygens (including phenoxy) is 7. The summed E-state index contributed by atoms with van der Waals surface area (Å²) in [7, 11) is 24.4. The predicted molar refractivity (Wildman–Crippen MR) is 312 cm³/mol. The van der Waals surface area contributed by atoms with Crippen LogP contribution in [0.15, 0.2) is 60.7 Å². The van der Waals surface area contributed by atoms with Gasteiger partial charge in [0.2, 0.25) is 0 Å². The minimum Gasteiger partial charge on any atom is -0.457 e. The first-order valence-electron chi connectivity index (χ1n) is 29.0. The molecule has 81 heavy (non-hydrogen) atoms. The number of rotatable bonds is 22. The minimum absolute atomic E-state index is 0.0206. The van der Waals surface area contributed by atoms with Gasteiger partial charge in [-0.15, -0.1) is 0 Å². The van der Waals surface area contributed by atoms with Gasteiger partial charge in [0.05, 0.1) is 107 Å². The van der Waals surface area contributed by atoms with E-state index in [9.17, 15) is 33.6 Å². The number of hydrogen-bond acceptors (Lipinski definition) is 14. The number of likely N-dealkylation sites (N-methyl/N-ethyl adjacent to an activating group) is 4. The Labute approximate surface area is 486 Å². The Hall–Kier alpha value is -5.43. The second-order valence-corrected chi connectivity index (χ2v) is 27.9. The van der Waals surface area contributed by atoms with Crippen molar-refractivity contribution in [1.29, 1.82) is 0 Å². The molecule has 2 aromatic carbocycles. The molecular weight excluding hydrogens is 1040 g/mol. The van der Waals surface area contributed by atoms with Gasteiger partial charge in [-0.2, -0.15) is 0 Å². The summed E-state index contributed by atoms with van der Waals surface area (Å²) in [5.41, 5.74) is 1.23. The highest BCUT2D eigenvalue weighted by molar-refractivity contribution is 5.90. The quantitative estimate of drug-likeness (QED) is 0.0627. The molecule has 0 amide bonds. The third-order valence-electron chi connectivity index (χ3n) is 13.5. The third kappa shape index (κ3) is 34.6. The number of nitrogens with zero attached hydrogens (tertiary/aromatic N) is 4. The summed E-state index contributed by atoms with van der Waals surface area (Å²) in [5.74, 6) is -0.516. The molecular formula is C63H106N4O14+4. The van der Waals surface area contributed by atoms with E-state index < -0.39 is 23.9 Å². The average Bonchev–Trinajstić information content (AvgIpc) is 3.42. The Morgan fingerprint density at radius 3 is 1.09 bits per heavy atom. The minimum atomic E-state index is -0.530. The van der Waals surface area contributed by atoms with E-state index in [4.69, 9.17) is 33.2 Å². The van der Waals surface area contributed by atoms with Crippen LogP contribution in [0.1, 0.15) is 119 Å². The van der Waals surface area contributed by atoms with E-state index >= 15 is 0 Å². The predicted octanol–water partition coefficient (Wildman–Crippen LogP) is 8.05. The first-order valence-corrected chi connectivity index (χ1v) is 29.0. The van der Waals surface area contributed by atoms with Crippen molar-refractivity contribution in [3.8, 4) is 0 Å². The monoisotopic (exact) mass is 1140 g/mol. The van der Waals surface area contributed by atoms with Crippen LogP contribution in [-0.2, 0) is 57.1 Å². The fourth-order valence-corrected chi connectivity index (χ4v) is 9.50. The van der Waals surface area contributed by atoms with Gasteiger partial charge in [0.15, 0.2) is 19.8 Å². The van der Waals surface area contributed by atoms with E-state index in [0.717, 1.165) is 78.0 Å². The lowest BCUT2D eigenvalue weighted by atomic mass is 9.49. The first kappa shape index (κ1) is 71.7. The van der Waals surface area contributed by atoms with Crippen LogP contribution in [0.5, 0.6) is 0 Å². The van der Waals surface area contributed by atoms with Gasteiger partial charge >= 0.3 is 41.8 Å². The summed E-state index contributed by atoms with van der Waals surface area (Å²) in [6.45, 7) is 12.4. The van der Waals surface area contributed by atoms with Crippen LogP contribution in [0.2, 0.25) is 0 Å². The van der Waals surface area contributed by atoms with Crippen LogP contribution < -0.4 is 0 Å². The van der Waals surface area contributed by atoms with Crippen molar-refractivity contribution in [2.75, 3.05) is 157 Å². The lowest BCUT2D eigenvalue weighted by molar-refractivity contribution is -0.870. The van der Waals surface area contributed by atoms with E-state index in [2.05, 4.69) is 48.8 Å². The Balaban J connectivity index is 0.000000362. The maximum absolute atomic E-state index is 12.6. The zero-order valence-electron chi connectivity index (χ0n) is 52.6. The summed E-state index contributed by atoms with van der Waals surface area (Å²) in [6, 6.07) is 17.6. The summed E-state index contributed by atoms with van der Waals surface area (Å²) < 4.78 is 38.5. The zero-order valence-corrected chi connectivity index (χ0v) is 52.6. The molecule has 0 spiro atoms. The Morgan fingerprint density at radius 1 is 0.432 bits per heavy atom. The van der Waals surface area contributed by atoms with Crippen LogP contribution in [0.25, 0.3) is 0 Å². The summed E-state index contributed by atoms with van der Waals surface area (Å²) in [6.07, 6.45) is 11.9. The molecule has 0 atom stereocenters. The van der Waals surface area contributed by atoms with E-state index in [0.29, 0.717) is 71.8 Å². The summed E-state index contributed by atoms with van der Waals surface area (Å²) in [4.78, 5) is 81.9. The molecule has 0 saturated heterocycles. The second kappa shape index (κ2) is 34.2. The van der Waals surface area contributed by atoms with Gasteiger partial charge in [0, 0.05) is 0 Å². The van der Waals surface area contributed by atoms with Crippen LogP contribution in [0.3, 0.4) is 0 Å². The van der Waals surface area contributed by atoms with Crippen molar-refractivity contribution in [1.82, 2.24) is 0 Å². The molecule has 0 aromatic heterocycles. The standard InChI is InChI=1S/C18H30NO4.C14H26NO4.C14H20NO4.C12H18NO2.C5H12/c1-19(2,3)4-5-22-16(20)12-23-17(21)18-9-13-6-14(10-18)8-15(7-13)11-18;2*1-15(2,3)9-10-18-13(16)11-19-14(17)12-7-5-4-6-8-12;1-13(2,3)9-10-15-12(14)11-7-5-4-6-8-11;1-5(2,3)4/h13-15H,4-12H2,1-3H3;12H,4-11H2,1-3H3;4-8H,9-11H2,1-3H3;4-8H,9-10H2,1-3H3;1-4H3/q4*+1;. The molecule has 458 valence electrons. The molecule has 5 aliphatic rings. The average molecular weight is 1140 g/mol. The molecule has 18 heteroatoms. The molecule has 0 aliphatic heterocycles. The van der Waals surface area contributed by atoms with Gasteiger partial charge in [0.1, 0.15) is 52.6 Å². The Bertz CT molecular complexity index is 2170. The van der Waals surface area contributed by atoms with Gasteiger partial charge in [-0.25, -0.2) is 24.0 Å². The summed E-state index contributed by atoms with van der Waals surface area (Å²) >= 11 is 0. The second-order valence-electron chi connectivity index (χ2n) is 27.9. The number of carbonyl (C=O) groups is 7.